The average molecular weight is 359 g/mol. The number of aryl methyl sites for hydroxylation is 3. The number of aliphatic hydroxyl groups is 1. The van der Waals surface area contributed by atoms with E-state index in [1.54, 1.807) is 0 Å². The van der Waals surface area contributed by atoms with Gasteiger partial charge in [0.25, 0.3) is 0 Å². The summed E-state index contributed by atoms with van der Waals surface area (Å²) < 4.78 is 0. The average Bonchev–Trinajstić information content (AvgIpc) is 2.62. The number of hydrogen-bond donors (Lipinski definition) is 1. The number of hydrogen-bond acceptors (Lipinski definition) is 3. The van der Waals surface area contributed by atoms with Crippen LogP contribution in [0.1, 0.15) is 61.8 Å². The van der Waals surface area contributed by atoms with Crippen LogP contribution in [0.5, 0.6) is 0 Å². The highest BCUT2D eigenvalue weighted by atomic mass is 32.2. The van der Waals surface area contributed by atoms with Crippen molar-refractivity contribution in [1.29, 1.82) is 0 Å². The van der Waals surface area contributed by atoms with Crippen molar-refractivity contribution in [2.75, 3.05) is 11.5 Å². The van der Waals surface area contributed by atoms with Crippen LogP contribution < -0.4 is 0 Å². The lowest BCUT2D eigenvalue weighted by molar-refractivity contribution is -0.115. The van der Waals surface area contributed by atoms with Crippen LogP contribution in [-0.4, -0.2) is 22.4 Å². The molecule has 0 radical (unpaired) electrons. The molecule has 1 aromatic rings. The molecule has 2 atom stereocenters. The van der Waals surface area contributed by atoms with Gasteiger partial charge in [0.1, 0.15) is 5.76 Å². The van der Waals surface area contributed by atoms with Crippen LogP contribution in [0.2, 0.25) is 0 Å². The van der Waals surface area contributed by atoms with Crippen molar-refractivity contribution in [2.24, 2.45) is 11.8 Å². The Hall–Kier alpha value is -1.22. The van der Waals surface area contributed by atoms with E-state index in [0.717, 1.165) is 24.2 Å². The molecular formula is C22H30O2S. The summed E-state index contributed by atoms with van der Waals surface area (Å²) in [6.07, 6.45) is 5.50. The molecule has 1 N–H and O–H groups in total. The van der Waals surface area contributed by atoms with E-state index in [4.69, 9.17) is 0 Å². The standard InChI is InChI=1S/C22H30O2S/c1-4-15-9-14(3)10-16(5-2)21(15)22-19(23)11-18(12-20(22)24)17-7-6-8-25-13-17/h9-10,17-18,23H,4-8,11-13H2,1-3H3. The Labute approximate surface area is 156 Å². The van der Waals surface area contributed by atoms with Gasteiger partial charge in [-0.25, -0.2) is 0 Å². The van der Waals surface area contributed by atoms with Gasteiger partial charge >= 0.3 is 0 Å². The third-order valence-electron chi connectivity index (χ3n) is 5.79. The van der Waals surface area contributed by atoms with Gasteiger partial charge in [-0.15, -0.1) is 0 Å². The quantitative estimate of drug-likeness (QED) is 0.771. The van der Waals surface area contributed by atoms with E-state index in [1.165, 1.54) is 35.3 Å². The van der Waals surface area contributed by atoms with Crippen molar-refractivity contribution in [1.82, 2.24) is 0 Å². The van der Waals surface area contributed by atoms with Crippen molar-refractivity contribution in [3.05, 3.63) is 40.1 Å². The van der Waals surface area contributed by atoms with E-state index in [0.29, 0.717) is 36.0 Å². The SMILES string of the molecule is CCc1cc(C)cc(CC)c1C1=C(O)CC(C2CCCSC2)CC1=O. The minimum Gasteiger partial charge on any atom is -0.512 e. The fraction of sp³-hybridized carbons (Fsp3) is 0.591. The molecule has 2 aliphatic rings. The Bertz CT molecular complexity index is 658. The highest BCUT2D eigenvalue weighted by Gasteiger charge is 2.35. The van der Waals surface area contributed by atoms with Crippen LogP contribution in [0.15, 0.2) is 17.9 Å². The van der Waals surface area contributed by atoms with Gasteiger partial charge in [-0.2, -0.15) is 11.8 Å². The smallest absolute Gasteiger partial charge is 0.167 e. The number of benzene rings is 1. The number of allylic oxidation sites excluding steroid dienone is 2. The van der Waals surface area contributed by atoms with Gasteiger partial charge in [0.2, 0.25) is 0 Å². The molecule has 0 bridgehead atoms. The third kappa shape index (κ3) is 3.81. The molecule has 1 aliphatic heterocycles. The fourth-order valence-corrected chi connectivity index (χ4v) is 5.78. The Morgan fingerprint density at radius 3 is 2.32 bits per heavy atom. The molecule has 1 fully saturated rings. The van der Waals surface area contributed by atoms with Gasteiger partial charge in [0.05, 0.1) is 5.57 Å². The summed E-state index contributed by atoms with van der Waals surface area (Å²) in [7, 11) is 0. The zero-order chi connectivity index (χ0) is 18.0. The van der Waals surface area contributed by atoms with Crippen LogP contribution in [0.4, 0.5) is 0 Å². The zero-order valence-corrected chi connectivity index (χ0v) is 16.5. The fourth-order valence-electron chi connectivity index (χ4n) is 4.50. The summed E-state index contributed by atoms with van der Waals surface area (Å²) in [5.74, 6) is 3.78. The number of Topliss-reactive ketones (excluding diaryl/α,β-unsaturated/α-hetero) is 1. The molecule has 2 unspecified atom stereocenters. The molecular weight excluding hydrogens is 328 g/mol. The first kappa shape index (κ1) is 18.6. The van der Waals surface area contributed by atoms with E-state index in [-0.39, 0.29) is 5.78 Å². The maximum absolute atomic E-state index is 13.1. The minimum absolute atomic E-state index is 0.151. The Morgan fingerprint density at radius 1 is 1.12 bits per heavy atom. The second kappa shape index (κ2) is 7.99. The maximum atomic E-state index is 13.1. The molecule has 0 spiro atoms. The number of ketones is 1. The van der Waals surface area contributed by atoms with Crippen LogP contribution in [0, 0.1) is 18.8 Å². The van der Waals surface area contributed by atoms with E-state index in [1.807, 2.05) is 11.8 Å². The second-order valence-electron chi connectivity index (χ2n) is 7.56. The van der Waals surface area contributed by atoms with Crippen LogP contribution in [0.25, 0.3) is 5.57 Å². The highest BCUT2D eigenvalue weighted by Crippen LogP contribution is 2.41. The van der Waals surface area contributed by atoms with Gasteiger partial charge in [-0.1, -0.05) is 31.5 Å². The molecule has 0 saturated carbocycles. The van der Waals surface area contributed by atoms with Crippen LogP contribution in [0.3, 0.4) is 0 Å². The Kier molecular flexibility index (Phi) is 5.93. The van der Waals surface area contributed by atoms with Gasteiger partial charge in [0, 0.05) is 12.8 Å². The summed E-state index contributed by atoms with van der Waals surface area (Å²) >= 11 is 2.00. The monoisotopic (exact) mass is 358 g/mol. The first-order valence-corrected chi connectivity index (χ1v) is 10.9. The topological polar surface area (TPSA) is 37.3 Å². The summed E-state index contributed by atoms with van der Waals surface area (Å²) in [4.78, 5) is 13.1. The summed E-state index contributed by atoms with van der Waals surface area (Å²) in [6.45, 7) is 6.37. The van der Waals surface area contributed by atoms with Crippen molar-refractivity contribution in [3.8, 4) is 0 Å². The predicted molar refractivity (Wildman–Crippen MR) is 107 cm³/mol. The summed E-state index contributed by atoms with van der Waals surface area (Å²) in [5, 5.41) is 10.9. The van der Waals surface area contributed by atoms with Gasteiger partial charge in [0.15, 0.2) is 5.78 Å². The third-order valence-corrected chi connectivity index (χ3v) is 7.03. The molecule has 25 heavy (non-hydrogen) atoms. The largest absolute Gasteiger partial charge is 0.512 e. The Balaban J connectivity index is 1.98. The molecule has 3 rings (SSSR count). The lowest BCUT2D eigenvalue weighted by Gasteiger charge is -2.33. The minimum atomic E-state index is 0.151. The number of rotatable bonds is 4. The predicted octanol–water partition coefficient (Wildman–Crippen LogP) is 5.51. The Morgan fingerprint density at radius 2 is 1.80 bits per heavy atom. The molecule has 2 nitrogen and oxygen atoms in total. The van der Waals surface area contributed by atoms with Crippen molar-refractivity contribution < 1.29 is 9.90 Å². The maximum Gasteiger partial charge on any atom is 0.167 e. The molecule has 1 heterocycles. The van der Waals surface area contributed by atoms with Crippen molar-refractivity contribution >= 4 is 23.1 Å². The van der Waals surface area contributed by atoms with Crippen LogP contribution >= 0.6 is 11.8 Å². The molecule has 0 aromatic heterocycles. The second-order valence-corrected chi connectivity index (χ2v) is 8.71. The molecule has 3 heteroatoms. The van der Waals surface area contributed by atoms with Gasteiger partial charge in [-0.05, 0) is 72.6 Å². The molecule has 1 saturated heterocycles. The van der Waals surface area contributed by atoms with Gasteiger partial charge < -0.3 is 5.11 Å². The highest BCUT2D eigenvalue weighted by molar-refractivity contribution is 7.99. The van der Waals surface area contributed by atoms with E-state index in [9.17, 15) is 9.90 Å². The lowest BCUT2D eigenvalue weighted by atomic mass is 9.75. The summed E-state index contributed by atoms with van der Waals surface area (Å²) in [6, 6.07) is 4.35. The van der Waals surface area contributed by atoms with E-state index >= 15 is 0 Å². The van der Waals surface area contributed by atoms with E-state index < -0.39 is 0 Å². The number of aliphatic hydroxyl groups excluding tert-OH is 1. The molecule has 1 aliphatic carbocycles. The van der Waals surface area contributed by atoms with Crippen molar-refractivity contribution in [2.45, 2.75) is 59.3 Å². The number of carbonyl (C=O) groups excluding carboxylic acids is 1. The van der Waals surface area contributed by atoms with E-state index in [2.05, 4.69) is 32.9 Å². The van der Waals surface area contributed by atoms with Gasteiger partial charge in [-0.3, -0.25) is 4.79 Å². The van der Waals surface area contributed by atoms with Crippen molar-refractivity contribution in [3.63, 3.8) is 0 Å². The normalized spacial score (nSPS) is 24.7. The first-order chi connectivity index (χ1) is 12.0. The molecule has 0 amide bonds. The lowest BCUT2D eigenvalue weighted by Crippen LogP contribution is -2.28. The summed E-state index contributed by atoms with van der Waals surface area (Å²) in [5.41, 5.74) is 5.26. The first-order valence-electron chi connectivity index (χ1n) is 9.70. The zero-order valence-electron chi connectivity index (χ0n) is 15.7. The number of thioether (sulfide) groups is 1. The van der Waals surface area contributed by atoms with Crippen LogP contribution in [-0.2, 0) is 17.6 Å². The number of carbonyl (C=O) groups is 1. The molecule has 136 valence electrons. The molecule has 1 aromatic carbocycles.